The van der Waals surface area contributed by atoms with E-state index in [0.717, 1.165) is 35.7 Å². The van der Waals surface area contributed by atoms with E-state index in [1.165, 1.54) is 5.56 Å². The zero-order valence-corrected chi connectivity index (χ0v) is 20.6. The van der Waals surface area contributed by atoms with Gasteiger partial charge in [0.25, 0.3) is 0 Å². The van der Waals surface area contributed by atoms with Gasteiger partial charge in [0.05, 0.1) is 12.2 Å². The molecule has 0 N–H and O–H groups in total. The van der Waals surface area contributed by atoms with Crippen molar-refractivity contribution in [1.29, 1.82) is 0 Å². The maximum absolute atomic E-state index is 13.3. The normalized spacial score (nSPS) is 13.8. The van der Waals surface area contributed by atoms with Gasteiger partial charge in [-0.2, -0.15) is 0 Å². The minimum Gasteiger partial charge on any atom is -0.462 e. The maximum Gasteiger partial charge on any atom is 0.339 e. The summed E-state index contributed by atoms with van der Waals surface area (Å²) in [7, 11) is 0. The average molecular weight is 480 g/mol. The van der Waals surface area contributed by atoms with Gasteiger partial charge in [0.15, 0.2) is 0 Å². The Morgan fingerprint density at radius 2 is 1.68 bits per heavy atom. The first-order valence-corrected chi connectivity index (χ1v) is 12.0. The van der Waals surface area contributed by atoms with Gasteiger partial charge >= 0.3 is 5.97 Å². The monoisotopic (exact) mass is 479 g/mol. The number of rotatable bonds is 6. The summed E-state index contributed by atoms with van der Waals surface area (Å²) in [5.41, 5.74) is 5.31. The van der Waals surface area contributed by atoms with Crippen LogP contribution in [0.4, 0.5) is 5.69 Å². The molecular formula is C27H30ClN3O3. The maximum atomic E-state index is 13.3. The van der Waals surface area contributed by atoms with Crippen molar-refractivity contribution in [1.82, 2.24) is 9.47 Å². The van der Waals surface area contributed by atoms with Crippen LogP contribution in [0.25, 0.3) is 11.3 Å². The first kappa shape index (κ1) is 23.9. The predicted molar refractivity (Wildman–Crippen MR) is 136 cm³/mol. The number of esters is 1. The minimum absolute atomic E-state index is 0.0359. The van der Waals surface area contributed by atoms with Crippen LogP contribution < -0.4 is 4.90 Å². The molecule has 0 saturated carbocycles. The molecule has 6 nitrogen and oxygen atoms in total. The van der Waals surface area contributed by atoms with Crippen molar-refractivity contribution in [3.05, 3.63) is 76.4 Å². The van der Waals surface area contributed by atoms with E-state index in [1.54, 1.807) is 6.92 Å². The highest BCUT2D eigenvalue weighted by molar-refractivity contribution is 6.30. The third-order valence-corrected chi connectivity index (χ3v) is 6.60. The largest absolute Gasteiger partial charge is 0.462 e. The van der Waals surface area contributed by atoms with Gasteiger partial charge in [-0.1, -0.05) is 48.0 Å². The van der Waals surface area contributed by atoms with E-state index in [0.29, 0.717) is 30.3 Å². The molecule has 2 aromatic carbocycles. The number of nitrogens with zero attached hydrogens (tertiary/aromatic N) is 3. The molecule has 1 saturated heterocycles. The van der Waals surface area contributed by atoms with Crippen molar-refractivity contribution in [2.45, 2.75) is 27.3 Å². The van der Waals surface area contributed by atoms with Crippen molar-refractivity contribution in [3.63, 3.8) is 0 Å². The lowest BCUT2D eigenvalue weighted by atomic mass is 10.1. The van der Waals surface area contributed by atoms with Crippen molar-refractivity contribution in [2.75, 3.05) is 37.7 Å². The standard InChI is InChI=1S/C27H30ClN3O3/c1-4-34-27(33)23-17-25(21-8-6-5-7-9-21)31(20(23)3)18-26(32)30-14-12-29(13-15-30)24-16-22(28)11-10-19(24)2/h5-11,16-17H,4,12-15,18H2,1-3H3. The van der Waals surface area contributed by atoms with Gasteiger partial charge in [0, 0.05) is 48.3 Å². The molecule has 0 spiro atoms. The van der Waals surface area contributed by atoms with Crippen LogP contribution >= 0.6 is 11.6 Å². The number of carbonyl (C=O) groups is 2. The van der Waals surface area contributed by atoms with Crippen LogP contribution in [0, 0.1) is 13.8 Å². The van der Waals surface area contributed by atoms with Crippen LogP contribution in [0.3, 0.4) is 0 Å². The quantitative estimate of drug-likeness (QED) is 0.469. The van der Waals surface area contributed by atoms with Crippen LogP contribution in [-0.4, -0.2) is 54.1 Å². The zero-order valence-electron chi connectivity index (χ0n) is 19.9. The van der Waals surface area contributed by atoms with E-state index in [9.17, 15) is 9.59 Å². The van der Waals surface area contributed by atoms with E-state index < -0.39 is 0 Å². The summed E-state index contributed by atoms with van der Waals surface area (Å²) < 4.78 is 7.17. The molecule has 1 fully saturated rings. The number of aryl methyl sites for hydroxylation is 1. The highest BCUT2D eigenvalue weighted by Crippen LogP contribution is 2.28. The van der Waals surface area contributed by atoms with E-state index in [4.69, 9.17) is 16.3 Å². The Kier molecular flexibility index (Phi) is 7.27. The highest BCUT2D eigenvalue weighted by atomic mass is 35.5. The predicted octanol–water partition coefficient (Wildman–Crippen LogP) is 4.95. The van der Waals surface area contributed by atoms with E-state index in [-0.39, 0.29) is 18.4 Å². The molecule has 1 aliphatic rings. The summed E-state index contributed by atoms with van der Waals surface area (Å²) in [4.78, 5) is 30.0. The van der Waals surface area contributed by atoms with Gasteiger partial charge in [0.1, 0.15) is 6.54 Å². The fraction of sp³-hybridized carbons (Fsp3) is 0.333. The van der Waals surface area contributed by atoms with Crippen LogP contribution in [0.1, 0.15) is 28.5 Å². The fourth-order valence-corrected chi connectivity index (χ4v) is 4.63. The van der Waals surface area contributed by atoms with Gasteiger partial charge in [-0.15, -0.1) is 0 Å². The molecular weight excluding hydrogens is 450 g/mol. The number of piperazine rings is 1. The first-order chi connectivity index (χ1) is 16.4. The van der Waals surface area contributed by atoms with E-state index in [2.05, 4.69) is 11.8 Å². The Labute approximate surface area is 205 Å². The number of anilines is 1. The number of amides is 1. The molecule has 2 heterocycles. The van der Waals surface area contributed by atoms with Crippen LogP contribution in [0.5, 0.6) is 0 Å². The molecule has 0 unspecified atom stereocenters. The molecule has 178 valence electrons. The van der Waals surface area contributed by atoms with Gasteiger partial charge in [0.2, 0.25) is 5.91 Å². The Balaban J connectivity index is 1.53. The number of benzene rings is 2. The SMILES string of the molecule is CCOC(=O)c1cc(-c2ccccc2)n(CC(=O)N2CCN(c3cc(Cl)ccc3C)CC2)c1C. The molecule has 1 aliphatic heterocycles. The van der Waals surface area contributed by atoms with Crippen molar-refractivity contribution in [2.24, 2.45) is 0 Å². The molecule has 7 heteroatoms. The number of carbonyl (C=O) groups excluding carboxylic acids is 2. The number of aromatic nitrogens is 1. The molecule has 0 bridgehead atoms. The molecule has 1 amide bonds. The van der Waals surface area contributed by atoms with Crippen molar-refractivity contribution >= 4 is 29.2 Å². The van der Waals surface area contributed by atoms with E-state index in [1.807, 2.05) is 71.0 Å². The zero-order chi connectivity index (χ0) is 24.2. The first-order valence-electron chi connectivity index (χ1n) is 11.6. The molecule has 34 heavy (non-hydrogen) atoms. The molecule has 1 aromatic heterocycles. The Morgan fingerprint density at radius 3 is 2.35 bits per heavy atom. The van der Waals surface area contributed by atoms with Crippen LogP contribution in [-0.2, 0) is 16.1 Å². The third-order valence-electron chi connectivity index (χ3n) is 6.37. The smallest absolute Gasteiger partial charge is 0.339 e. The summed E-state index contributed by atoms with van der Waals surface area (Å²) in [5.74, 6) is -0.331. The minimum atomic E-state index is -0.367. The van der Waals surface area contributed by atoms with Gasteiger partial charge in [-0.25, -0.2) is 4.79 Å². The van der Waals surface area contributed by atoms with Crippen molar-refractivity contribution in [3.8, 4) is 11.3 Å². The number of halogens is 1. The lowest BCUT2D eigenvalue weighted by Gasteiger charge is -2.37. The Morgan fingerprint density at radius 1 is 0.971 bits per heavy atom. The van der Waals surface area contributed by atoms with Crippen LogP contribution in [0.15, 0.2) is 54.6 Å². The fourth-order valence-electron chi connectivity index (χ4n) is 4.47. The van der Waals surface area contributed by atoms with Gasteiger partial charge in [-0.05, 0) is 50.1 Å². The summed E-state index contributed by atoms with van der Waals surface area (Å²) in [6.45, 7) is 8.97. The molecule has 3 aromatic rings. The third kappa shape index (κ3) is 4.97. The molecule has 0 radical (unpaired) electrons. The second kappa shape index (κ2) is 10.3. The van der Waals surface area contributed by atoms with Gasteiger partial charge in [-0.3, -0.25) is 4.79 Å². The van der Waals surface area contributed by atoms with Crippen molar-refractivity contribution < 1.29 is 14.3 Å². The second-order valence-electron chi connectivity index (χ2n) is 8.50. The lowest BCUT2D eigenvalue weighted by Crippen LogP contribution is -2.49. The summed E-state index contributed by atoms with van der Waals surface area (Å²) in [5, 5.41) is 0.716. The topological polar surface area (TPSA) is 54.8 Å². The average Bonchev–Trinajstić information content (AvgIpc) is 3.17. The molecule has 0 atom stereocenters. The number of ether oxygens (including phenoxy) is 1. The lowest BCUT2D eigenvalue weighted by molar-refractivity contribution is -0.132. The number of hydrogen-bond acceptors (Lipinski definition) is 4. The summed E-state index contributed by atoms with van der Waals surface area (Å²) in [6, 6.07) is 17.5. The summed E-state index contributed by atoms with van der Waals surface area (Å²) >= 11 is 6.20. The second-order valence-corrected chi connectivity index (χ2v) is 8.94. The Bertz CT molecular complexity index is 1180. The van der Waals surface area contributed by atoms with Crippen LogP contribution in [0.2, 0.25) is 5.02 Å². The highest BCUT2D eigenvalue weighted by Gasteiger charge is 2.25. The Hall–Kier alpha value is -3.25. The van der Waals surface area contributed by atoms with Gasteiger partial charge < -0.3 is 19.1 Å². The summed E-state index contributed by atoms with van der Waals surface area (Å²) in [6.07, 6.45) is 0. The molecule has 4 rings (SSSR count). The number of hydrogen-bond donors (Lipinski definition) is 0. The van der Waals surface area contributed by atoms with E-state index >= 15 is 0 Å². The molecule has 0 aliphatic carbocycles.